The van der Waals surface area contributed by atoms with Gasteiger partial charge in [-0.05, 0) is 61.5 Å². The highest BCUT2D eigenvalue weighted by molar-refractivity contribution is 5.25. The van der Waals surface area contributed by atoms with Gasteiger partial charge >= 0.3 is 0 Å². The van der Waals surface area contributed by atoms with Gasteiger partial charge in [0.15, 0.2) is 0 Å². The largest absolute Gasteiger partial charge is 0.377 e. The predicted molar refractivity (Wildman–Crippen MR) is 99.8 cm³/mol. The molecule has 0 spiro atoms. The van der Waals surface area contributed by atoms with Gasteiger partial charge in [0, 0.05) is 6.61 Å². The van der Waals surface area contributed by atoms with Crippen molar-refractivity contribution in [3.8, 4) is 0 Å². The number of allylic oxidation sites excluding steroid dienone is 2. The summed E-state index contributed by atoms with van der Waals surface area (Å²) in [7, 11) is 0. The normalized spacial score (nSPS) is 21.8. The molecule has 1 nitrogen and oxygen atoms in total. The standard InChI is InChI=1S/C22H34O/c1-3-5-7-8-19-9-13-21(14-10-19)22-15-11-20(12-16-22)18-23-17-6-4-2/h7-8,11-12,15-16,19,21H,3-6,9-10,13-14,17-18H2,1-2H3/b8-7+/t19-,21-. The highest BCUT2D eigenvalue weighted by Crippen LogP contribution is 2.36. The first kappa shape index (κ1) is 18.3. The molecule has 1 fully saturated rings. The average molecular weight is 315 g/mol. The van der Waals surface area contributed by atoms with E-state index >= 15 is 0 Å². The summed E-state index contributed by atoms with van der Waals surface area (Å²) < 4.78 is 5.70. The highest BCUT2D eigenvalue weighted by atomic mass is 16.5. The maximum Gasteiger partial charge on any atom is 0.0716 e. The highest BCUT2D eigenvalue weighted by Gasteiger charge is 2.20. The summed E-state index contributed by atoms with van der Waals surface area (Å²) in [5.74, 6) is 1.59. The molecule has 0 N–H and O–H groups in total. The van der Waals surface area contributed by atoms with Crippen LogP contribution in [-0.2, 0) is 11.3 Å². The van der Waals surface area contributed by atoms with Gasteiger partial charge in [-0.1, -0.05) is 63.1 Å². The molecular formula is C22H34O. The minimum Gasteiger partial charge on any atom is -0.377 e. The first-order valence-electron chi connectivity index (χ1n) is 9.66. The van der Waals surface area contributed by atoms with Crippen molar-refractivity contribution in [1.82, 2.24) is 0 Å². The summed E-state index contributed by atoms with van der Waals surface area (Å²) in [6.07, 6.45) is 15.1. The minimum atomic E-state index is 0.759. The van der Waals surface area contributed by atoms with Crippen molar-refractivity contribution < 1.29 is 4.74 Å². The van der Waals surface area contributed by atoms with E-state index in [9.17, 15) is 0 Å². The summed E-state index contributed by atoms with van der Waals surface area (Å²) in [4.78, 5) is 0. The van der Waals surface area contributed by atoms with E-state index in [-0.39, 0.29) is 0 Å². The Hall–Kier alpha value is -1.08. The molecular weight excluding hydrogens is 280 g/mol. The maximum absolute atomic E-state index is 5.70. The smallest absolute Gasteiger partial charge is 0.0716 e. The van der Waals surface area contributed by atoms with Gasteiger partial charge in [0.25, 0.3) is 0 Å². The fourth-order valence-electron chi connectivity index (χ4n) is 3.42. The summed E-state index contributed by atoms with van der Waals surface area (Å²) in [5.41, 5.74) is 2.83. The van der Waals surface area contributed by atoms with Gasteiger partial charge in [-0.2, -0.15) is 0 Å². The van der Waals surface area contributed by atoms with Crippen molar-refractivity contribution in [2.75, 3.05) is 6.61 Å². The van der Waals surface area contributed by atoms with E-state index < -0.39 is 0 Å². The second kappa shape index (κ2) is 10.6. The third-order valence-electron chi connectivity index (χ3n) is 5.00. The molecule has 1 saturated carbocycles. The van der Waals surface area contributed by atoms with Crippen LogP contribution in [0.3, 0.4) is 0 Å². The molecule has 0 bridgehead atoms. The molecule has 0 atom stereocenters. The Morgan fingerprint density at radius 1 is 1.00 bits per heavy atom. The summed E-state index contributed by atoms with van der Waals surface area (Å²) in [6.45, 7) is 6.09. The lowest BCUT2D eigenvalue weighted by molar-refractivity contribution is 0.118. The summed E-state index contributed by atoms with van der Waals surface area (Å²) in [5, 5.41) is 0. The van der Waals surface area contributed by atoms with E-state index in [0.29, 0.717) is 0 Å². The summed E-state index contributed by atoms with van der Waals surface area (Å²) >= 11 is 0. The van der Waals surface area contributed by atoms with Gasteiger partial charge in [-0.15, -0.1) is 0 Å². The Kier molecular flexibility index (Phi) is 8.46. The zero-order valence-electron chi connectivity index (χ0n) is 15.1. The number of hydrogen-bond donors (Lipinski definition) is 0. The van der Waals surface area contributed by atoms with Crippen LogP contribution >= 0.6 is 0 Å². The Morgan fingerprint density at radius 3 is 2.39 bits per heavy atom. The zero-order valence-corrected chi connectivity index (χ0v) is 15.1. The number of benzene rings is 1. The van der Waals surface area contributed by atoms with Crippen LogP contribution in [0.5, 0.6) is 0 Å². The van der Waals surface area contributed by atoms with Crippen LogP contribution in [0.15, 0.2) is 36.4 Å². The fraction of sp³-hybridized carbons (Fsp3) is 0.636. The molecule has 128 valence electrons. The van der Waals surface area contributed by atoms with Crippen molar-refractivity contribution >= 4 is 0 Å². The minimum absolute atomic E-state index is 0.759. The van der Waals surface area contributed by atoms with E-state index in [1.54, 1.807) is 0 Å². The number of unbranched alkanes of at least 4 members (excludes halogenated alkanes) is 2. The van der Waals surface area contributed by atoms with Crippen LogP contribution in [0.4, 0.5) is 0 Å². The van der Waals surface area contributed by atoms with E-state index in [0.717, 1.165) is 31.5 Å². The van der Waals surface area contributed by atoms with Crippen LogP contribution in [0.25, 0.3) is 0 Å². The van der Waals surface area contributed by atoms with Crippen molar-refractivity contribution in [3.05, 3.63) is 47.5 Å². The third-order valence-corrected chi connectivity index (χ3v) is 5.00. The number of rotatable bonds is 9. The molecule has 23 heavy (non-hydrogen) atoms. The average Bonchev–Trinajstić information content (AvgIpc) is 2.60. The Balaban J connectivity index is 1.75. The van der Waals surface area contributed by atoms with Gasteiger partial charge < -0.3 is 4.74 Å². The second-order valence-electron chi connectivity index (χ2n) is 6.98. The molecule has 1 heteroatoms. The molecule has 1 aromatic carbocycles. The van der Waals surface area contributed by atoms with Gasteiger partial charge in [0.1, 0.15) is 0 Å². The maximum atomic E-state index is 5.70. The Labute approximate surface area is 143 Å². The molecule has 1 aliphatic rings. The third kappa shape index (κ3) is 6.51. The van der Waals surface area contributed by atoms with E-state index in [1.807, 2.05) is 0 Å². The Morgan fingerprint density at radius 2 is 1.74 bits per heavy atom. The van der Waals surface area contributed by atoms with Crippen molar-refractivity contribution in [2.45, 2.75) is 77.7 Å². The second-order valence-corrected chi connectivity index (χ2v) is 6.98. The lowest BCUT2D eigenvalue weighted by Gasteiger charge is -2.27. The molecule has 1 aromatic rings. The molecule has 0 unspecified atom stereocenters. The first-order valence-corrected chi connectivity index (χ1v) is 9.66. The molecule has 0 amide bonds. The molecule has 2 rings (SSSR count). The van der Waals surface area contributed by atoms with Crippen LogP contribution in [0, 0.1) is 5.92 Å². The molecule has 0 aliphatic heterocycles. The lowest BCUT2D eigenvalue weighted by atomic mass is 9.78. The van der Waals surface area contributed by atoms with E-state index in [2.05, 4.69) is 50.3 Å². The molecule has 0 radical (unpaired) electrons. The van der Waals surface area contributed by atoms with Crippen LogP contribution in [0.2, 0.25) is 0 Å². The van der Waals surface area contributed by atoms with Crippen molar-refractivity contribution in [1.29, 1.82) is 0 Å². The van der Waals surface area contributed by atoms with Crippen LogP contribution < -0.4 is 0 Å². The van der Waals surface area contributed by atoms with Crippen LogP contribution in [-0.4, -0.2) is 6.61 Å². The van der Waals surface area contributed by atoms with Crippen molar-refractivity contribution in [2.24, 2.45) is 5.92 Å². The van der Waals surface area contributed by atoms with E-state index in [4.69, 9.17) is 4.74 Å². The number of ether oxygens (including phenoxy) is 1. The topological polar surface area (TPSA) is 9.23 Å². The van der Waals surface area contributed by atoms with Gasteiger partial charge in [0.05, 0.1) is 6.61 Å². The first-order chi connectivity index (χ1) is 11.3. The van der Waals surface area contributed by atoms with Gasteiger partial charge in [-0.3, -0.25) is 0 Å². The quantitative estimate of drug-likeness (QED) is 0.367. The van der Waals surface area contributed by atoms with Crippen LogP contribution in [0.1, 0.15) is 82.3 Å². The van der Waals surface area contributed by atoms with Gasteiger partial charge in [-0.25, -0.2) is 0 Å². The Bertz CT molecular complexity index is 438. The zero-order chi connectivity index (χ0) is 16.3. The predicted octanol–water partition coefficient (Wildman–Crippen LogP) is 6.63. The fourth-order valence-corrected chi connectivity index (χ4v) is 3.42. The molecule has 0 aromatic heterocycles. The van der Waals surface area contributed by atoms with Gasteiger partial charge in [0.2, 0.25) is 0 Å². The summed E-state index contributed by atoms with van der Waals surface area (Å²) in [6, 6.07) is 9.18. The molecule has 0 saturated heterocycles. The SMILES string of the molecule is CCC/C=C/[C@H]1CC[C@H](c2ccc(COCCCC)cc2)CC1. The lowest BCUT2D eigenvalue weighted by Crippen LogP contribution is -2.11. The van der Waals surface area contributed by atoms with E-state index in [1.165, 1.54) is 56.1 Å². The number of hydrogen-bond acceptors (Lipinski definition) is 1. The molecule has 0 heterocycles. The van der Waals surface area contributed by atoms with Crippen molar-refractivity contribution in [3.63, 3.8) is 0 Å². The molecule has 1 aliphatic carbocycles. The monoisotopic (exact) mass is 314 g/mol.